The average Bonchev–Trinajstić information content (AvgIpc) is 2.75. The van der Waals surface area contributed by atoms with Crippen LogP contribution in [0.4, 0.5) is 5.69 Å². The molecule has 0 saturated carbocycles. The first-order chi connectivity index (χ1) is 15.0. The number of hydrogen-bond acceptors (Lipinski definition) is 9. The highest BCUT2D eigenvalue weighted by atomic mass is 32.2. The Bertz CT molecular complexity index is 1210. The van der Waals surface area contributed by atoms with E-state index in [-0.39, 0.29) is 17.0 Å². The number of benzene rings is 2. The standard InChI is InChI=1S/C21H22N4O6S/c1-20(2)18(26)17(23)15-10-14(8-9-16(15)31-20)32(29,30)21(19(27)28,11-24-12-22)25-13-6-4-3-5-7-13/h3-11,17-18,25-26H,23H2,1-2H3,(H,27,28). The molecular weight excluding hydrogens is 436 g/mol. The normalized spacial score (nSPS) is 21.6. The number of fused-ring (bicyclic) bond motifs is 1. The molecule has 0 radical (unpaired) electrons. The number of aliphatic hydroxyl groups excluding tert-OH is 1. The molecule has 2 aromatic rings. The van der Waals surface area contributed by atoms with Crippen LogP contribution in [0.3, 0.4) is 0 Å². The van der Waals surface area contributed by atoms with Crippen LogP contribution >= 0.6 is 0 Å². The molecular formula is C21H22N4O6S. The highest BCUT2D eigenvalue weighted by molar-refractivity contribution is 7.94. The SMILES string of the molecule is CC1(C)Oc2ccc(S(=O)(=O)C(C=NC#N)(Nc3ccccc3)C(=O)O)cc2C(N)C1O. The highest BCUT2D eigenvalue weighted by Gasteiger charge is 2.52. The van der Waals surface area contributed by atoms with Crippen molar-refractivity contribution in [1.82, 2.24) is 0 Å². The number of para-hydroxylation sites is 1. The molecule has 10 nitrogen and oxygen atoms in total. The Labute approximate surface area is 184 Å². The van der Waals surface area contributed by atoms with E-state index in [0.29, 0.717) is 6.21 Å². The molecule has 0 fully saturated rings. The van der Waals surface area contributed by atoms with Crippen LogP contribution in [0.2, 0.25) is 0 Å². The van der Waals surface area contributed by atoms with Gasteiger partial charge in [0.2, 0.25) is 16.0 Å². The Morgan fingerprint density at radius 2 is 1.97 bits per heavy atom. The van der Waals surface area contributed by atoms with E-state index >= 15 is 0 Å². The van der Waals surface area contributed by atoms with Crippen LogP contribution in [-0.4, -0.2) is 47.4 Å². The van der Waals surface area contributed by atoms with Gasteiger partial charge in [-0.1, -0.05) is 18.2 Å². The van der Waals surface area contributed by atoms with Gasteiger partial charge in [0.1, 0.15) is 17.5 Å². The fourth-order valence-corrected chi connectivity index (χ4v) is 5.00. The minimum absolute atomic E-state index is 0.179. The van der Waals surface area contributed by atoms with Crippen molar-refractivity contribution in [3.05, 3.63) is 54.1 Å². The molecule has 1 aliphatic heterocycles. The zero-order chi connectivity index (χ0) is 23.7. The maximum atomic E-state index is 13.6. The molecule has 0 aromatic heterocycles. The molecule has 11 heteroatoms. The van der Waals surface area contributed by atoms with Crippen molar-refractivity contribution in [3.63, 3.8) is 0 Å². The summed E-state index contributed by atoms with van der Waals surface area (Å²) in [5, 5.41) is 31.8. The predicted molar refractivity (Wildman–Crippen MR) is 116 cm³/mol. The van der Waals surface area contributed by atoms with Crippen LogP contribution in [0, 0.1) is 11.5 Å². The first kappa shape index (κ1) is 23.2. The molecule has 168 valence electrons. The maximum absolute atomic E-state index is 13.6. The van der Waals surface area contributed by atoms with Crippen molar-refractivity contribution >= 4 is 27.7 Å². The number of nitrogens with zero attached hydrogens (tertiary/aromatic N) is 2. The number of rotatable bonds is 6. The lowest BCUT2D eigenvalue weighted by atomic mass is 9.87. The Hall–Kier alpha value is -3.46. The molecule has 2 aromatic carbocycles. The van der Waals surface area contributed by atoms with Crippen LogP contribution in [-0.2, 0) is 14.6 Å². The van der Waals surface area contributed by atoms with Crippen LogP contribution in [0.25, 0.3) is 0 Å². The molecule has 0 spiro atoms. The average molecular weight is 458 g/mol. The summed E-state index contributed by atoms with van der Waals surface area (Å²) in [7, 11) is -4.74. The number of hydrogen-bond donors (Lipinski definition) is 4. The molecule has 32 heavy (non-hydrogen) atoms. The van der Waals surface area contributed by atoms with Crippen molar-refractivity contribution in [3.8, 4) is 11.9 Å². The van der Waals surface area contributed by atoms with Gasteiger partial charge in [0.15, 0.2) is 0 Å². The number of aliphatic hydroxyl groups is 1. The van der Waals surface area contributed by atoms with Gasteiger partial charge in [-0.2, -0.15) is 10.3 Å². The number of sulfone groups is 1. The van der Waals surface area contributed by atoms with E-state index in [1.165, 1.54) is 36.5 Å². The van der Waals surface area contributed by atoms with E-state index in [9.17, 15) is 23.4 Å². The van der Waals surface area contributed by atoms with Crippen molar-refractivity contribution in [1.29, 1.82) is 5.26 Å². The fourth-order valence-electron chi connectivity index (χ4n) is 3.43. The van der Waals surface area contributed by atoms with E-state index in [1.807, 2.05) is 0 Å². The lowest BCUT2D eigenvalue weighted by Crippen LogP contribution is -2.55. The first-order valence-corrected chi connectivity index (χ1v) is 11.0. The smallest absolute Gasteiger partial charge is 0.351 e. The molecule has 0 bridgehead atoms. The zero-order valence-corrected chi connectivity index (χ0v) is 18.1. The van der Waals surface area contributed by atoms with E-state index in [0.717, 1.165) is 0 Å². The number of nitrogens with two attached hydrogens (primary N) is 1. The number of aliphatic carboxylic acids is 1. The van der Waals surface area contributed by atoms with E-state index < -0.39 is 43.3 Å². The third-order valence-corrected chi connectivity index (χ3v) is 7.33. The quantitative estimate of drug-likeness (QED) is 0.368. The molecule has 0 saturated heterocycles. The predicted octanol–water partition coefficient (Wildman–Crippen LogP) is 1.44. The number of carbonyl (C=O) groups is 1. The van der Waals surface area contributed by atoms with Gasteiger partial charge in [-0.3, -0.25) is 0 Å². The molecule has 5 N–H and O–H groups in total. The van der Waals surface area contributed by atoms with E-state index in [2.05, 4.69) is 10.3 Å². The largest absolute Gasteiger partial charge is 0.485 e. The third kappa shape index (κ3) is 3.80. The van der Waals surface area contributed by atoms with Gasteiger partial charge in [0, 0.05) is 11.3 Å². The highest BCUT2D eigenvalue weighted by Crippen LogP contribution is 2.40. The van der Waals surface area contributed by atoms with Crippen LogP contribution in [0.15, 0.2) is 58.4 Å². The van der Waals surface area contributed by atoms with Crippen LogP contribution in [0.5, 0.6) is 5.75 Å². The molecule has 3 unspecified atom stereocenters. The van der Waals surface area contributed by atoms with Crippen LogP contribution < -0.4 is 15.8 Å². The number of aliphatic imine (C=N–C) groups is 1. The number of nitriles is 1. The maximum Gasteiger partial charge on any atom is 0.351 e. The van der Waals surface area contributed by atoms with Crippen molar-refractivity contribution in [2.75, 3.05) is 5.32 Å². The molecule has 0 amide bonds. The van der Waals surface area contributed by atoms with E-state index in [4.69, 9.17) is 15.7 Å². The minimum Gasteiger partial charge on any atom is -0.485 e. The Kier molecular flexibility index (Phi) is 5.97. The summed E-state index contributed by atoms with van der Waals surface area (Å²) >= 11 is 0. The second-order valence-corrected chi connectivity index (χ2v) is 9.89. The van der Waals surface area contributed by atoms with Gasteiger partial charge in [0.25, 0.3) is 4.87 Å². The molecule has 1 heterocycles. The number of anilines is 1. The van der Waals surface area contributed by atoms with Gasteiger partial charge >= 0.3 is 5.97 Å². The summed E-state index contributed by atoms with van der Waals surface area (Å²) in [5.41, 5.74) is 5.50. The van der Waals surface area contributed by atoms with Gasteiger partial charge in [-0.05, 0) is 44.2 Å². The molecule has 3 atom stereocenters. The molecule has 3 rings (SSSR count). The summed E-state index contributed by atoms with van der Waals surface area (Å²) in [5.74, 6) is -1.52. The van der Waals surface area contributed by atoms with E-state index in [1.54, 1.807) is 32.0 Å². The second kappa shape index (κ2) is 8.23. The summed E-state index contributed by atoms with van der Waals surface area (Å²) in [6.45, 7) is 3.28. The Balaban J connectivity index is 2.19. The number of ether oxygens (including phenoxy) is 1. The number of carboxylic acids is 1. The topological polar surface area (TPSA) is 175 Å². The summed E-state index contributed by atoms with van der Waals surface area (Å²) in [6, 6.07) is 10.5. The third-order valence-electron chi connectivity index (χ3n) is 5.23. The molecule has 0 aliphatic carbocycles. The lowest BCUT2D eigenvalue weighted by molar-refractivity contribution is -0.137. The second-order valence-electron chi connectivity index (χ2n) is 7.77. The Morgan fingerprint density at radius 3 is 2.56 bits per heavy atom. The van der Waals surface area contributed by atoms with Crippen molar-refractivity contribution in [2.45, 2.75) is 41.4 Å². The van der Waals surface area contributed by atoms with Gasteiger partial charge in [-0.15, -0.1) is 0 Å². The number of nitrogens with one attached hydrogen (secondary N) is 1. The minimum atomic E-state index is -4.74. The molecule has 1 aliphatic rings. The lowest BCUT2D eigenvalue weighted by Gasteiger charge is -2.40. The summed E-state index contributed by atoms with van der Waals surface area (Å²) in [6.07, 6.45) is 0.782. The number of carboxylic acid groups (broad SMARTS) is 1. The van der Waals surface area contributed by atoms with Gasteiger partial charge < -0.3 is 26.0 Å². The summed E-state index contributed by atoms with van der Waals surface area (Å²) in [4.78, 5) is 12.4. The van der Waals surface area contributed by atoms with Gasteiger partial charge in [0.05, 0.1) is 17.2 Å². The summed E-state index contributed by atoms with van der Waals surface area (Å²) < 4.78 is 33.0. The first-order valence-electron chi connectivity index (χ1n) is 9.47. The van der Waals surface area contributed by atoms with Gasteiger partial charge in [-0.25, -0.2) is 13.2 Å². The van der Waals surface area contributed by atoms with Crippen molar-refractivity contribution in [2.24, 2.45) is 10.7 Å². The Morgan fingerprint density at radius 1 is 1.31 bits per heavy atom. The van der Waals surface area contributed by atoms with Crippen molar-refractivity contribution < 1.29 is 28.2 Å². The fraction of sp³-hybridized carbons (Fsp3) is 0.286. The monoisotopic (exact) mass is 458 g/mol. The van der Waals surface area contributed by atoms with Crippen LogP contribution in [0.1, 0.15) is 25.5 Å². The zero-order valence-electron chi connectivity index (χ0n) is 17.3.